The van der Waals surface area contributed by atoms with Crippen LogP contribution >= 0.6 is 0 Å². The smallest absolute Gasteiger partial charge is 0.308 e. The fourth-order valence-electron chi connectivity index (χ4n) is 2.02. The molecule has 1 aromatic carbocycles. The van der Waals surface area contributed by atoms with Gasteiger partial charge in [-0.1, -0.05) is 18.2 Å². The monoisotopic (exact) mass is 209 g/mol. The molecular weight excluding hydrogens is 197 g/mol. The molecule has 0 amide bonds. The van der Waals surface area contributed by atoms with E-state index >= 15 is 0 Å². The number of hydrogen-bond donors (Lipinski definition) is 2. The first-order chi connectivity index (χ1) is 7.20. The Morgan fingerprint density at radius 2 is 2.20 bits per heavy atom. The molecule has 3 nitrogen and oxygen atoms in total. The van der Waals surface area contributed by atoms with Crippen LogP contribution in [0.4, 0.5) is 4.39 Å². The van der Waals surface area contributed by atoms with Gasteiger partial charge in [-0.05, 0) is 19.0 Å². The molecule has 1 aromatic rings. The molecule has 0 aliphatic carbocycles. The maximum atomic E-state index is 13.4. The molecule has 1 saturated heterocycles. The maximum Gasteiger partial charge on any atom is 0.308 e. The summed E-state index contributed by atoms with van der Waals surface area (Å²) in [6.07, 6.45) is 0.550. The number of carbonyl (C=O) groups is 1. The van der Waals surface area contributed by atoms with E-state index in [1.807, 2.05) is 0 Å². The van der Waals surface area contributed by atoms with Crippen LogP contribution in [0.25, 0.3) is 0 Å². The fraction of sp³-hybridized carbons (Fsp3) is 0.364. The molecule has 1 aliphatic rings. The van der Waals surface area contributed by atoms with E-state index < -0.39 is 17.9 Å². The average Bonchev–Trinajstić information content (AvgIpc) is 2.67. The third-order valence-corrected chi connectivity index (χ3v) is 2.78. The van der Waals surface area contributed by atoms with Crippen molar-refractivity contribution >= 4 is 5.97 Å². The highest BCUT2D eigenvalue weighted by molar-refractivity contribution is 5.71. The summed E-state index contributed by atoms with van der Waals surface area (Å²) < 4.78 is 13.4. The topological polar surface area (TPSA) is 49.3 Å². The van der Waals surface area contributed by atoms with Gasteiger partial charge in [0.05, 0.1) is 5.92 Å². The quantitative estimate of drug-likeness (QED) is 0.777. The van der Waals surface area contributed by atoms with E-state index in [1.54, 1.807) is 18.2 Å². The maximum absolute atomic E-state index is 13.4. The minimum absolute atomic E-state index is 0.344. The Morgan fingerprint density at radius 1 is 1.47 bits per heavy atom. The molecule has 1 fully saturated rings. The number of nitrogens with one attached hydrogen (secondary N) is 1. The normalized spacial score (nSPS) is 25.4. The lowest BCUT2D eigenvalue weighted by Gasteiger charge is -2.16. The molecule has 2 atom stereocenters. The van der Waals surface area contributed by atoms with E-state index in [4.69, 9.17) is 5.11 Å². The van der Waals surface area contributed by atoms with Crippen LogP contribution in [0.2, 0.25) is 0 Å². The van der Waals surface area contributed by atoms with E-state index in [9.17, 15) is 9.18 Å². The molecule has 15 heavy (non-hydrogen) atoms. The van der Waals surface area contributed by atoms with Crippen LogP contribution in [0.3, 0.4) is 0 Å². The van der Waals surface area contributed by atoms with Crippen LogP contribution in [0.1, 0.15) is 18.0 Å². The van der Waals surface area contributed by atoms with Crippen molar-refractivity contribution in [2.24, 2.45) is 5.92 Å². The largest absolute Gasteiger partial charge is 0.481 e. The fourth-order valence-corrected chi connectivity index (χ4v) is 2.02. The van der Waals surface area contributed by atoms with Crippen molar-refractivity contribution < 1.29 is 14.3 Å². The van der Waals surface area contributed by atoms with Crippen LogP contribution in [-0.2, 0) is 4.79 Å². The van der Waals surface area contributed by atoms with E-state index in [-0.39, 0.29) is 5.82 Å². The number of rotatable bonds is 2. The van der Waals surface area contributed by atoms with Crippen molar-refractivity contribution in [1.82, 2.24) is 5.32 Å². The zero-order valence-electron chi connectivity index (χ0n) is 8.11. The molecule has 4 heteroatoms. The zero-order valence-corrected chi connectivity index (χ0v) is 8.11. The first-order valence-corrected chi connectivity index (χ1v) is 4.91. The molecule has 0 saturated carbocycles. The molecule has 2 rings (SSSR count). The summed E-state index contributed by atoms with van der Waals surface area (Å²) in [4.78, 5) is 10.9. The standard InChI is InChI=1S/C11H12FNO2/c12-9-4-2-1-3-7(9)10-8(11(14)15)5-6-13-10/h1-4,8,10,13H,5-6H2,(H,14,15). The SMILES string of the molecule is O=C(O)C1CCNC1c1ccccc1F. The highest BCUT2D eigenvalue weighted by atomic mass is 19.1. The van der Waals surface area contributed by atoms with Gasteiger partial charge in [0.1, 0.15) is 5.82 Å². The second-order valence-electron chi connectivity index (χ2n) is 3.69. The molecular formula is C11H12FNO2. The van der Waals surface area contributed by atoms with Crippen molar-refractivity contribution in [3.63, 3.8) is 0 Å². The van der Waals surface area contributed by atoms with Crippen molar-refractivity contribution in [1.29, 1.82) is 0 Å². The lowest BCUT2D eigenvalue weighted by Crippen LogP contribution is -2.24. The molecule has 0 bridgehead atoms. The Labute approximate surface area is 86.9 Å². The lowest BCUT2D eigenvalue weighted by molar-refractivity contribution is -0.142. The Balaban J connectivity index is 2.30. The van der Waals surface area contributed by atoms with Crippen LogP contribution in [-0.4, -0.2) is 17.6 Å². The van der Waals surface area contributed by atoms with Gasteiger partial charge in [0.2, 0.25) is 0 Å². The minimum Gasteiger partial charge on any atom is -0.481 e. The number of carboxylic acids is 1. The van der Waals surface area contributed by atoms with Crippen LogP contribution in [0.15, 0.2) is 24.3 Å². The summed E-state index contributed by atoms with van der Waals surface area (Å²) >= 11 is 0. The predicted molar refractivity (Wildman–Crippen MR) is 52.9 cm³/mol. The second-order valence-corrected chi connectivity index (χ2v) is 3.69. The summed E-state index contributed by atoms with van der Waals surface area (Å²) in [5.41, 5.74) is 0.447. The highest BCUT2D eigenvalue weighted by Gasteiger charge is 2.34. The number of carboxylic acid groups (broad SMARTS) is 1. The van der Waals surface area contributed by atoms with Gasteiger partial charge in [-0.2, -0.15) is 0 Å². The van der Waals surface area contributed by atoms with Crippen molar-refractivity contribution in [2.75, 3.05) is 6.54 Å². The predicted octanol–water partition coefficient (Wildman–Crippen LogP) is 1.56. The summed E-state index contributed by atoms with van der Waals surface area (Å²) in [7, 11) is 0. The molecule has 0 spiro atoms. The lowest BCUT2D eigenvalue weighted by atomic mass is 9.94. The number of hydrogen-bond acceptors (Lipinski definition) is 2. The molecule has 2 unspecified atom stereocenters. The van der Waals surface area contributed by atoms with Crippen LogP contribution < -0.4 is 5.32 Å². The van der Waals surface area contributed by atoms with E-state index in [0.29, 0.717) is 18.5 Å². The molecule has 2 N–H and O–H groups in total. The van der Waals surface area contributed by atoms with Gasteiger partial charge in [0.15, 0.2) is 0 Å². The van der Waals surface area contributed by atoms with Gasteiger partial charge in [-0.15, -0.1) is 0 Å². The minimum atomic E-state index is -0.867. The Kier molecular flexibility index (Phi) is 2.68. The van der Waals surface area contributed by atoms with Crippen molar-refractivity contribution in [3.05, 3.63) is 35.6 Å². The Hall–Kier alpha value is -1.42. The summed E-state index contributed by atoms with van der Waals surface area (Å²) in [5, 5.41) is 12.0. The van der Waals surface area contributed by atoms with Crippen molar-refractivity contribution in [3.8, 4) is 0 Å². The van der Waals surface area contributed by atoms with Gasteiger partial charge in [0.25, 0.3) is 0 Å². The third-order valence-electron chi connectivity index (χ3n) is 2.78. The number of halogens is 1. The van der Waals surface area contributed by atoms with E-state index in [1.165, 1.54) is 6.07 Å². The third kappa shape index (κ3) is 1.85. The first-order valence-electron chi connectivity index (χ1n) is 4.91. The molecule has 0 aromatic heterocycles. The summed E-state index contributed by atoms with van der Waals surface area (Å²) in [6.45, 7) is 0.621. The molecule has 1 aliphatic heterocycles. The van der Waals surface area contributed by atoms with Gasteiger partial charge in [-0.3, -0.25) is 4.79 Å². The Bertz CT molecular complexity index is 381. The number of benzene rings is 1. The molecule has 1 heterocycles. The van der Waals surface area contributed by atoms with Gasteiger partial charge in [-0.25, -0.2) is 4.39 Å². The summed E-state index contributed by atoms with van der Waals surface area (Å²) in [6, 6.07) is 5.91. The zero-order chi connectivity index (χ0) is 10.8. The van der Waals surface area contributed by atoms with E-state index in [0.717, 1.165) is 0 Å². The summed E-state index contributed by atoms with van der Waals surface area (Å²) in [5.74, 6) is -1.74. The first kappa shape index (κ1) is 10.1. The second kappa shape index (κ2) is 3.98. The van der Waals surface area contributed by atoms with Gasteiger partial charge < -0.3 is 10.4 Å². The highest BCUT2D eigenvalue weighted by Crippen LogP contribution is 2.30. The van der Waals surface area contributed by atoms with Gasteiger partial charge >= 0.3 is 5.97 Å². The van der Waals surface area contributed by atoms with Crippen LogP contribution in [0, 0.1) is 11.7 Å². The van der Waals surface area contributed by atoms with Gasteiger partial charge in [0, 0.05) is 11.6 Å². The average molecular weight is 209 g/mol. The molecule has 80 valence electrons. The number of aliphatic carboxylic acids is 1. The Morgan fingerprint density at radius 3 is 2.87 bits per heavy atom. The molecule has 0 radical (unpaired) electrons. The van der Waals surface area contributed by atoms with E-state index in [2.05, 4.69) is 5.32 Å². The van der Waals surface area contributed by atoms with Crippen molar-refractivity contribution in [2.45, 2.75) is 12.5 Å². The van der Waals surface area contributed by atoms with Crippen LogP contribution in [0.5, 0.6) is 0 Å².